The van der Waals surface area contributed by atoms with Gasteiger partial charge < -0.3 is 10.6 Å². The van der Waals surface area contributed by atoms with E-state index in [-0.39, 0.29) is 36.1 Å². The molecule has 2 aromatic carbocycles. The summed E-state index contributed by atoms with van der Waals surface area (Å²) in [6.45, 7) is 1.60. The summed E-state index contributed by atoms with van der Waals surface area (Å²) in [5.41, 5.74) is 1.71. The minimum absolute atomic E-state index is 0.0366. The van der Waals surface area contributed by atoms with Crippen molar-refractivity contribution in [1.82, 2.24) is 10.2 Å². The van der Waals surface area contributed by atoms with E-state index in [9.17, 15) is 14.4 Å². The maximum absolute atomic E-state index is 12.7. The Balaban J connectivity index is 1.28. The second-order valence-corrected chi connectivity index (χ2v) is 9.41. The maximum atomic E-state index is 12.7. The van der Waals surface area contributed by atoms with Crippen molar-refractivity contribution in [1.29, 1.82) is 0 Å². The highest BCUT2D eigenvalue weighted by molar-refractivity contribution is 6.30. The van der Waals surface area contributed by atoms with Crippen LogP contribution < -0.4 is 10.6 Å². The van der Waals surface area contributed by atoms with Gasteiger partial charge in [-0.1, -0.05) is 36.6 Å². The van der Waals surface area contributed by atoms with E-state index >= 15 is 0 Å². The van der Waals surface area contributed by atoms with Gasteiger partial charge in [0.2, 0.25) is 5.91 Å². The van der Waals surface area contributed by atoms with Crippen LogP contribution in [0.4, 0.5) is 5.69 Å². The first kappa shape index (κ1) is 23.5. The molecule has 1 aliphatic carbocycles. The molecule has 2 N–H and O–H groups in total. The van der Waals surface area contributed by atoms with Crippen LogP contribution >= 0.6 is 11.6 Å². The molecular weight excluding hydrogens is 438 g/mol. The molecule has 0 aromatic heterocycles. The highest BCUT2D eigenvalue weighted by atomic mass is 35.5. The summed E-state index contributed by atoms with van der Waals surface area (Å²) in [5, 5.41) is 6.61. The molecule has 174 valence electrons. The summed E-state index contributed by atoms with van der Waals surface area (Å²) in [5.74, 6) is -0.193. The van der Waals surface area contributed by atoms with Crippen LogP contribution in [-0.2, 0) is 4.79 Å². The summed E-state index contributed by atoms with van der Waals surface area (Å²) in [6.07, 6.45) is 5.74. The number of carbonyl (C=O) groups is 3. The third kappa shape index (κ3) is 6.21. The van der Waals surface area contributed by atoms with Crippen molar-refractivity contribution in [2.75, 3.05) is 25.0 Å². The zero-order valence-electron chi connectivity index (χ0n) is 18.7. The minimum Gasteiger partial charge on any atom is -0.349 e. The van der Waals surface area contributed by atoms with Crippen LogP contribution in [0.15, 0.2) is 48.5 Å². The van der Waals surface area contributed by atoms with Crippen LogP contribution in [0.25, 0.3) is 0 Å². The summed E-state index contributed by atoms with van der Waals surface area (Å²) in [7, 11) is 0. The van der Waals surface area contributed by atoms with E-state index in [4.69, 9.17) is 11.6 Å². The number of hydrogen-bond acceptors (Lipinski definition) is 4. The van der Waals surface area contributed by atoms with E-state index in [1.807, 2.05) is 12.1 Å². The van der Waals surface area contributed by atoms with Gasteiger partial charge in [-0.05, 0) is 75.2 Å². The number of nitrogens with zero attached hydrogens (tertiary/aromatic N) is 1. The van der Waals surface area contributed by atoms with Gasteiger partial charge in [-0.15, -0.1) is 0 Å². The zero-order valence-corrected chi connectivity index (χ0v) is 19.4. The van der Waals surface area contributed by atoms with Crippen LogP contribution in [0, 0.1) is 5.92 Å². The Morgan fingerprint density at radius 3 is 2.27 bits per heavy atom. The molecule has 4 rings (SSSR count). The quantitative estimate of drug-likeness (QED) is 0.586. The van der Waals surface area contributed by atoms with E-state index < -0.39 is 0 Å². The Kier molecular flexibility index (Phi) is 7.78. The van der Waals surface area contributed by atoms with Gasteiger partial charge in [0.1, 0.15) is 0 Å². The Labute approximate surface area is 199 Å². The van der Waals surface area contributed by atoms with E-state index in [1.54, 1.807) is 36.4 Å². The molecule has 1 saturated carbocycles. The normalized spacial score (nSPS) is 17.6. The van der Waals surface area contributed by atoms with E-state index in [0.29, 0.717) is 34.9 Å². The van der Waals surface area contributed by atoms with Gasteiger partial charge in [-0.3, -0.25) is 19.3 Å². The van der Waals surface area contributed by atoms with Crippen molar-refractivity contribution < 1.29 is 14.4 Å². The fourth-order valence-corrected chi connectivity index (χ4v) is 4.85. The average molecular weight is 468 g/mol. The number of Topliss-reactive ketones (excluding diaryl/α,β-unsaturated/α-hetero) is 1. The molecule has 0 bridgehead atoms. The molecule has 2 aliphatic rings. The van der Waals surface area contributed by atoms with Crippen LogP contribution in [0.2, 0.25) is 5.02 Å². The molecule has 1 aliphatic heterocycles. The lowest BCUT2D eigenvalue weighted by molar-refractivity contribution is -0.117. The van der Waals surface area contributed by atoms with E-state index in [2.05, 4.69) is 15.5 Å². The molecule has 33 heavy (non-hydrogen) atoms. The van der Waals surface area contributed by atoms with Crippen molar-refractivity contribution in [3.63, 3.8) is 0 Å². The molecule has 6 nitrogen and oxygen atoms in total. The van der Waals surface area contributed by atoms with Gasteiger partial charge in [0.05, 0.1) is 17.8 Å². The Hall–Kier alpha value is -2.70. The Morgan fingerprint density at radius 2 is 1.58 bits per heavy atom. The lowest BCUT2D eigenvalue weighted by atomic mass is 9.89. The Morgan fingerprint density at radius 1 is 0.909 bits per heavy atom. The summed E-state index contributed by atoms with van der Waals surface area (Å²) >= 11 is 5.91. The number of carbonyl (C=O) groups excluding carboxylic acids is 3. The van der Waals surface area contributed by atoms with Crippen molar-refractivity contribution in [3.8, 4) is 0 Å². The fourth-order valence-electron chi connectivity index (χ4n) is 4.72. The van der Waals surface area contributed by atoms with Crippen molar-refractivity contribution in [2.45, 2.75) is 44.6 Å². The zero-order chi connectivity index (χ0) is 23.2. The number of likely N-dealkylation sites (tertiary alicyclic amines) is 1. The van der Waals surface area contributed by atoms with Crippen LogP contribution in [0.1, 0.15) is 59.2 Å². The second kappa shape index (κ2) is 10.9. The van der Waals surface area contributed by atoms with Gasteiger partial charge in [-0.25, -0.2) is 0 Å². The largest absolute Gasteiger partial charge is 0.349 e. The van der Waals surface area contributed by atoms with Gasteiger partial charge >= 0.3 is 0 Å². The minimum atomic E-state index is -0.154. The summed E-state index contributed by atoms with van der Waals surface area (Å²) < 4.78 is 0. The predicted octanol–water partition coefficient (Wildman–Crippen LogP) is 4.55. The van der Waals surface area contributed by atoms with Gasteiger partial charge in [0.25, 0.3) is 5.91 Å². The second-order valence-electron chi connectivity index (χ2n) is 8.97. The lowest BCUT2D eigenvalue weighted by Gasteiger charge is -2.30. The van der Waals surface area contributed by atoms with Gasteiger partial charge in [-0.2, -0.15) is 0 Å². The first-order valence-electron chi connectivity index (χ1n) is 11.7. The van der Waals surface area contributed by atoms with Crippen molar-refractivity contribution in [3.05, 3.63) is 64.7 Å². The number of halogens is 1. The fraction of sp³-hybridized carbons (Fsp3) is 0.423. The molecule has 1 heterocycles. The monoisotopic (exact) mass is 467 g/mol. The topological polar surface area (TPSA) is 78.5 Å². The smallest absolute Gasteiger partial charge is 0.253 e. The molecule has 0 radical (unpaired) electrons. The van der Waals surface area contributed by atoms with Crippen molar-refractivity contribution >= 4 is 34.9 Å². The molecular formula is C26H30ClN3O3. The maximum Gasteiger partial charge on any atom is 0.253 e. The first-order valence-corrected chi connectivity index (χ1v) is 12.1. The number of benzene rings is 2. The number of para-hydroxylation sites is 1. The summed E-state index contributed by atoms with van der Waals surface area (Å²) in [6, 6.07) is 14.4. The first-order chi connectivity index (χ1) is 16.0. The SMILES string of the molecule is O=C(CN1CCC(C(=O)c2ccc(Cl)cc2)CC1)Nc1ccccc1C(=O)NC1CCCC1. The molecule has 2 amide bonds. The van der Waals surface area contributed by atoms with Gasteiger partial charge in [0, 0.05) is 22.5 Å². The van der Waals surface area contributed by atoms with Crippen LogP contribution in [0.3, 0.4) is 0 Å². The molecule has 0 spiro atoms. The van der Waals surface area contributed by atoms with E-state index in [0.717, 1.165) is 38.5 Å². The van der Waals surface area contributed by atoms with Crippen LogP contribution in [-0.4, -0.2) is 48.2 Å². The average Bonchev–Trinajstić information content (AvgIpc) is 3.33. The molecule has 7 heteroatoms. The Bertz CT molecular complexity index is 994. The number of piperidine rings is 1. The lowest BCUT2D eigenvalue weighted by Crippen LogP contribution is -2.41. The summed E-state index contributed by atoms with van der Waals surface area (Å²) in [4.78, 5) is 40.2. The molecule has 0 unspecified atom stereocenters. The number of hydrogen-bond donors (Lipinski definition) is 2. The molecule has 2 aromatic rings. The van der Waals surface area contributed by atoms with Crippen molar-refractivity contribution in [2.24, 2.45) is 5.92 Å². The molecule has 2 fully saturated rings. The highest BCUT2D eigenvalue weighted by Crippen LogP contribution is 2.23. The number of nitrogens with one attached hydrogen (secondary N) is 2. The van der Waals surface area contributed by atoms with E-state index in [1.165, 1.54) is 0 Å². The number of rotatable bonds is 7. The van der Waals surface area contributed by atoms with Crippen LogP contribution in [0.5, 0.6) is 0 Å². The predicted molar refractivity (Wildman–Crippen MR) is 130 cm³/mol. The number of ketones is 1. The third-order valence-corrected chi connectivity index (χ3v) is 6.84. The molecule has 0 atom stereocenters. The highest BCUT2D eigenvalue weighted by Gasteiger charge is 2.27. The number of amides is 2. The number of anilines is 1. The third-order valence-electron chi connectivity index (χ3n) is 6.59. The van der Waals surface area contributed by atoms with Gasteiger partial charge in [0.15, 0.2) is 5.78 Å². The standard InChI is InChI=1S/C26H30ClN3O3/c27-20-11-9-18(10-12-20)25(32)19-13-15-30(16-14-19)17-24(31)29-23-8-4-3-7-22(23)26(33)28-21-5-1-2-6-21/h3-4,7-12,19,21H,1-2,5-6,13-17H2,(H,28,33)(H,29,31). The molecule has 1 saturated heterocycles.